The number of nitrogens with one attached hydrogen (secondary N) is 1. The second-order valence-electron chi connectivity index (χ2n) is 9.08. The smallest absolute Gasteiger partial charge is 0.338 e. The van der Waals surface area contributed by atoms with Crippen LogP contribution in [0.2, 0.25) is 0 Å². The van der Waals surface area contributed by atoms with Crippen LogP contribution in [0.5, 0.6) is 0 Å². The van der Waals surface area contributed by atoms with Crippen LogP contribution in [0.25, 0.3) is 5.57 Å². The number of anilines is 1. The van der Waals surface area contributed by atoms with E-state index >= 15 is 0 Å². The van der Waals surface area contributed by atoms with Crippen LogP contribution in [-0.4, -0.2) is 17.6 Å². The van der Waals surface area contributed by atoms with Crippen LogP contribution in [0.4, 0.5) is 5.69 Å². The van der Waals surface area contributed by atoms with Gasteiger partial charge in [-0.1, -0.05) is 74.1 Å². The third kappa shape index (κ3) is 4.91. The lowest BCUT2D eigenvalue weighted by molar-refractivity contribution is 0.0526. The molecule has 0 atom stereocenters. The number of hydrogen-bond donors (Lipinski definition) is 1. The highest BCUT2D eigenvalue weighted by molar-refractivity contribution is 7.81. The van der Waals surface area contributed by atoms with Gasteiger partial charge in [-0.15, -0.1) is 0 Å². The fraction of sp³-hybridized carbons (Fsp3) is 0.241. The Hall–Kier alpha value is -3.24. The molecule has 33 heavy (non-hydrogen) atoms. The molecule has 0 saturated carbocycles. The lowest BCUT2D eigenvalue weighted by Crippen LogP contribution is -2.22. The van der Waals surface area contributed by atoms with Gasteiger partial charge in [0.05, 0.1) is 12.2 Å². The van der Waals surface area contributed by atoms with Crippen LogP contribution in [0, 0.1) is 6.92 Å². The van der Waals surface area contributed by atoms with E-state index in [1.54, 1.807) is 19.1 Å². The van der Waals surface area contributed by atoms with Crippen LogP contribution in [-0.2, 0) is 10.2 Å². The van der Waals surface area contributed by atoms with Crippen molar-refractivity contribution in [2.75, 3.05) is 11.9 Å². The number of carbonyl (C=O) groups is 1. The molecule has 0 aromatic heterocycles. The van der Waals surface area contributed by atoms with Crippen LogP contribution in [0.3, 0.4) is 0 Å². The maximum Gasteiger partial charge on any atom is 0.338 e. The molecule has 1 aliphatic carbocycles. The number of ether oxygens (including phenoxy) is 1. The minimum absolute atomic E-state index is 0.0695. The van der Waals surface area contributed by atoms with Gasteiger partial charge in [0.2, 0.25) is 0 Å². The largest absolute Gasteiger partial charge is 0.462 e. The predicted molar refractivity (Wildman–Crippen MR) is 140 cm³/mol. The highest BCUT2D eigenvalue weighted by Crippen LogP contribution is 2.41. The summed E-state index contributed by atoms with van der Waals surface area (Å²) in [4.78, 5) is 12.5. The van der Waals surface area contributed by atoms with Crippen molar-refractivity contribution < 1.29 is 9.53 Å². The molecule has 4 rings (SSSR count). The summed E-state index contributed by atoms with van der Waals surface area (Å²) in [6.07, 6.45) is 3.35. The minimum atomic E-state index is -0.320. The maximum atomic E-state index is 11.9. The Bertz CT molecular complexity index is 1220. The van der Waals surface area contributed by atoms with Crippen molar-refractivity contribution >= 4 is 34.4 Å². The molecule has 3 aromatic rings. The van der Waals surface area contributed by atoms with Crippen molar-refractivity contribution in [3.63, 3.8) is 0 Å². The van der Waals surface area contributed by atoms with Crippen molar-refractivity contribution in [1.82, 2.24) is 0 Å². The van der Waals surface area contributed by atoms with E-state index in [1.807, 2.05) is 12.1 Å². The number of hydrogen-bond acceptors (Lipinski definition) is 3. The van der Waals surface area contributed by atoms with Gasteiger partial charge in [0.15, 0.2) is 0 Å². The Morgan fingerprint density at radius 1 is 1.00 bits per heavy atom. The maximum absolute atomic E-state index is 11.9. The number of allylic oxidation sites excluding steroid dienone is 1. The monoisotopic (exact) mass is 455 g/mol. The SMILES string of the molecule is CCOC(=O)c1ccc(NC(=S)c2ccc3c(c2)C(c2ccc(C)cc2)=CCC3(C)C)cc1. The zero-order chi connectivity index (χ0) is 23.6. The number of carbonyl (C=O) groups excluding carboxylic acids is 1. The van der Waals surface area contributed by atoms with Gasteiger partial charge in [0.25, 0.3) is 0 Å². The van der Waals surface area contributed by atoms with Crippen molar-refractivity contribution in [3.05, 3.63) is 106 Å². The molecule has 0 saturated heterocycles. The van der Waals surface area contributed by atoms with Gasteiger partial charge in [0.1, 0.15) is 4.99 Å². The number of fused-ring (bicyclic) bond motifs is 1. The third-order valence-electron chi connectivity index (χ3n) is 6.13. The predicted octanol–water partition coefficient (Wildman–Crippen LogP) is 7.07. The molecule has 1 aliphatic rings. The van der Waals surface area contributed by atoms with Gasteiger partial charge >= 0.3 is 5.97 Å². The second-order valence-corrected chi connectivity index (χ2v) is 9.49. The molecule has 0 fully saturated rings. The molecule has 0 heterocycles. The number of esters is 1. The van der Waals surface area contributed by atoms with Crippen LogP contribution >= 0.6 is 12.2 Å². The second kappa shape index (κ2) is 9.32. The summed E-state index contributed by atoms with van der Waals surface area (Å²) in [7, 11) is 0. The van der Waals surface area contributed by atoms with E-state index in [9.17, 15) is 4.79 Å². The Labute approximate surface area is 201 Å². The zero-order valence-electron chi connectivity index (χ0n) is 19.6. The summed E-state index contributed by atoms with van der Waals surface area (Å²) < 4.78 is 5.05. The van der Waals surface area contributed by atoms with Crippen molar-refractivity contribution in [3.8, 4) is 0 Å². The molecule has 3 nitrogen and oxygen atoms in total. The van der Waals surface area contributed by atoms with Crippen molar-refractivity contribution in [2.24, 2.45) is 0 Å². The minimum Gasteiger partial charge on any atom is -0.462 e. The Balaban J connectivity index is 1.62. The zero-order valence-corrected chi connectivity index (χ0v) is 20.4. The van der Waals surface area contributed by atoms with E-state index < -0.39 is 0 Å². The molecule has 1 N–H and O–H groups in total. The fourth-order valence-electron chi connectivity index (χ4n) is 4.19. The molecule has 0 unspecified atom stereocenters. The molecule has 0 spiro atoms. The number of aryl methyl sites for hydroxylation is 1. The Morgan fingerprint density at radius 2 is 1.67 bits per heavy atom. The van der Waals surface area contributed by atoms with Gasteiger partial charge < -0.3 is 10.1 Å². The first-order valence-corrected chi connectivity index (χ1v) is 11.7. The lowest BCUT2D eigenvalue weighted by atomic mass is 9.72. The molecule has 4 heteroatoms. The lowest BCUT2D eigenvalue weighted by Gasteiger charge is -2.32. The summed E-state index contributed by atoms with van der Waals surface area (Å²) in [5, 5.41) is 3.31. The summed E-state index contributed by atoms with van der Waals surface area (Å²) in [5.41, 5.74) is 8.70. The van der Waals surface area contributed by atoms with E-state index in [1.165, 1.54) is 27.8 Å². The van der Waals surface area contributed by atoms with Gasteiger partial charge in [-0.25, -0.2) is 4.79 Å². The fourth-order valence-corrected chi connectivity index (χ4v) is 4.43. The molecular formula is C29H29NO2S. The van der Waals surface area contributed by atoms with Gasteiger partial charge in [-0.05, 0) is 78.3 Å². The standard InChI is InChI=1S/C29H29NO2S/c1-5-32-28(31)21-10-13-23(14-11-21)30-27(33)22-12-15-26-25(18-22)24(16-17-29(26,3)4)20-8-6-19(2)7-9-20/h6-16,18H,5,17H2,1-4H3,(H,30,33). The molecule has 0 bridgehead atoms. The summed E-state index contributed by atoms with van der Waals surface area (Å²) >= 11 is 5.74. The molecular weight excluding hydrogens is 426 g/mol. The Morgan fingerprint density at radius 3 is 2.33 bits per heavy atom. The number of rotatable bonds is 5. The first-order chi connectivity index (χ1) is 15.8. The topological polar surface area (TPSA) is 38.3 Å². The van der Waals surface area contributed by atoms with Crippen LogP contribution in [0.1, 0.15) is 65.4 Å². The summed E-state index contributed by atoms with van der Waals surface area (Å²) in [5.74, 6) is -0.320. The third-order valence-corrected chi connectivity index (χ3v) is 6.47. The highest BCUT2D eigenvalue weighted by atomic mass is 32.1. The number of thiocarbonyl (C=S) groups is 1. The van der Waals surface area contributed by atoms with Crippen LogP contribution < -0.4 is 5.32 Å². The first kappa shape index (κ1) is 22.9. The van der Waals surface area contributed by atoms with Crippen molar-refractivity contribution in [1.29, 1.82) is 0 Å². The van der Waals surface area contributed by atoms with E-state index in [-0.39, 0.29) is 11.4 Å². The van der Waals surface area contributed by atoms with Gasteiger partial charge in [-0.2, -0.15) is 0 Å². The average Bonchev–Trinajstić information content (AvgIpc) is 2.80. The molecule has 0 aliphatic heterocycles. The first-order valence-electron chi connectivity index (χ1n) is 11.3. The molecule has 168 valence electrons. The summed E-state index contributed by atoms with van der Waals surface area (Å²) in [6, 6.07) is 22.4. The van der Waals surface area contributed by atoms with E-state index in [2.05, 4.69) is 74.6 Å². The van der Waals surface area contributed by atoms with Crippen molar-refractivity contribution in [2.45, 2.75) is 39.5 Å². The Kier molecular flexibility index (Phi) is 6.48. The van der Waals surface area contributed by atoms with E-state index in [4.69, 9.17) is 17.0 Å². The van der Waals surface area contributed by atoms with E-state index in [0.29, 0.717) is 17.2 Å². The normalized spacial score (nSPS) is 14.1. The molecule has 0 radical (unpaired) electrons. The van der Waals surface area contributed by atoms with E-state index in [0.717, 1.165) is 17.7 Å². The van der Waals surface area contributed by atoms with Crippen LogP contribution in [0.15, 0.2) is 72.8 Å². The van der Waals surface area contributed by atoms with Gasteiger partial charge in [-0.3, -0.25) is 0 Å². The number of benzene rings is 3. The average molecular weight is 456 g/mol. The van der Waals surface area contributed by atoms with Gasteiger partial charge in [0, 0.05) is 11.3 Å². The quantitative estimate of drug-likeness (QED) is 0.330. The highest BCUT2D eigenvalue weighted by Gasteiger charge is 2.29. The summed E-state index contributed by atoms with van der Waals surface area (Å²) in [6.45, 7) is 8.84. The molecule has 0 amide bonds. The molecule has 3 aromatic carbocycles.